The Balaban J connectivity index is 1.24. The average molecular weight is 643 g/mol. The lowest BCUT2D eigenvalue weighted by Gasteiger charge is -2.34. The normalized spacial score (nSPS) is 19.6. The van der Waals surface area contributed by atoms with Crippen molar-refractivity contribution in [3.8, 4) is 0 Å². The van der Waals surface area contributed by atoms with Crippen LogP contribution in [0, 0.1) is 11.6 Å². The summed E-state index contributed by atoms with van der Waals surface area (Å²) in [7, 11) is -2.17. The van der Waals surface area contributed by atoms with Gasteiger partial charge in [0.25, 0.3) is 5.91 Å². The van der Waals surface area contributed by atoms with E-state index in [2.05, 4.69) is 43.0 Å². The van der Waals surface area contributed by atoms with Gasteiger partial charge in [0, 0.05) is 68.7 Å². The fourth-order valence-corrected chi connectivity index (χ4v) is 7.42. The number of rotatable bonds is 7. The molecule has 3 aliphatic rings. The maximum absolute atomic E-state index is 13.8. The number of nitrogens with zero attached hydrogens (tertiary/aromatic N) is 4. The van der Waals surface area contributed by atoms with Crippen molar-refractivity contribution in [2.45, 2.75) is 43.2 Å². The van der Waals surface area contributed by atoms with Crippen LogP contribution in [0.5, 0.6) is 0 Å². The van der Waals surface area contributed by atoms with Gasteiger partial charge in [-0.1, -0.05) is 6.42 Å². The molecule has 2 fully saturated rings. The highest BCUT2D eigenvalue weighted by Gasteiger charge is 2.33. The van der Waals surface area contributed by atoms with Crippen molar-refractivity contribution in [3.63, 3.8) is 0 Å². The summed E-state index contributed by atoms with van der Waals surface area (Å²) in [6.07, 6.45) is 2.89. The third-order valence-corrected chi connectivity index (χ3v) is 10.4. The summed E-state index contributed by atoms with van der Waals surface area (Å²) < 4.78 is 55.3. The molecule has 1 aromatic heterocycles. The summed E-state index contributed by atoms with van der Waals surface area (Å²) in [4.78, 5) is 30.9. The van der Waals surface area contributed by atoms with E-state index in [0.29, 0.717) is 29.4 Å². The molecule has 240 valence electrons. The number of benzene rings is 2. The molecule has 3 aromatic rings. The number of likely N-dealkylation sites (N-methyl/N-ethyl adjacent to an activating group) is 1. The quantitative estimate of drug-likeness (QED) is 0.308. The molecule has 4 heterocycles. The number of amides is 2. The fourth-order valence-electron chi connectivity index (χ4n) is 5.97. The summed E-state index contributed by atoms with van der Waals surface area (Å²) in [5.74, 6) is -2.61. The first-order valence-electron chi connectivity index (χ1n) is 15.0. The standard InChI is InChI=1S/C30H36F2N8O4S/c1-38-10-12-39(13-11-38)21-5-6-23(27(17-21)34-30(42)26-4-2-3-8-33-26)29(41)35-28-24-18-40(9-7-25(24)36-37-28)45(43,44)22-15-19(31)14-20(32)16-22/h5-6,14-17,26,33H,2-4,7-13,18H2,1H3,(H,34,42)(H2,35,36,37,41). The summed E-state index contributed by atoms with van der Waals surface area (Å²) >= 11 is 0. The Labute approximate surface area is 260 Å². The molecule has 0 saturated carbocycles. The molecule has 15 heteroatoms. The SMILES string of the molecule is CN1CCN(c2ccc(C(=O)Nc3n[nH]c4c3CN(S(=O)(=O)c3cc(F)cc(F)c3)CC4)c(NC(=O)C3CCCCN3)c2)CC1. The highest BCUT2D eigenvalue weighted by Crippen LogP contribution is 2.31. The highest BCUT2D eigenvalue weighted by atomic mass is 32.2. The van der Waals surface area contributed by atoms with Gasteiger partial charge in [0.05, 0.1) is 22.2 Å². The Morgan fingerprint density at radius 1 is 0.978 bits per heavy atom. The van der Waals surface area contributed by atoms with Crippen LogP contribution in [0.15, 0.2) is 41.3 Å². The van der Waals surface area contributed by atoms with Crippen molar-refractivity contribution in [1.82, 2.24) is 24.7 Å². The third kappa shape index (κ3) is 6.71. The zero-order chi connectivity index (χ0) is 31.7. The molecule has 0 radical (unpaired) electrons. The largest absolute Gasteiger partial charge is 0.369 e. The number of carbonyl (C=O) groups excluding carboxylic acids is 2. The second-order valence-corrected chi connectivity index (χ2v) is 13.6. The molecule has 2 saturated heterocycles. The number of sulfonamides is 1. The van der Waals surface area contributed by atoms with Crippen LogP contribution in [0.2, 0.25) is 0 Å². The Morgan fingerprint density at radius 2 is 1.73 bits per heavy atom. The molecule has 3 aliphatic heterocycles. The Hall–Kier alpha value is -3.92. The summed E-state index contributed by atoms with van der Waals surface area (Å²) in [6.45, 7) is 4.03. The highest BCUT2D eigenvalue weighted by molar-refractivity contribution is 7.89. The number of piperidine rings is 1. The van der Waals surface area contributed by atoms with E-state index < -0.39 is 32.5 Å². The van der Waals surface area contributed by atoms with Crippen LogP contribution < -0.4 is 20.9 Å². The molecule has 6 rings (SSSR count). The second kappa shape index (κ2) is 12.8. The monoisotopic (exact) mass is 642 g/mol. The molecule has 0 spiro atoms. The lowest BCUT2D eigenvalue weighted by molar-refractivity contribution is -0.118. The zero-order valence-electron chi connectivity index (χ0n) is 24.9. The first-order chi connectivity index (χ1) is 21.6. The van der Waals surface area contributed by atoms with Crippen molar-refractivity contribution in [1.29, 1.82) is 0 Å². The van der Waals surface area contributed by atoms with Gasteiger partial charge in [-0.25, -0.2) is 17.2 Å². The van der Waals surface area contributed by atoms with E-state index in [-0.39, 0.29) is 42.8 Å². The number of piperazine rings is 1. The van der Waals surface area contributed by atoms with E-state index in [1.54, 1.807) is 6.07 Å². The van der Waals surface area contributed by atoms with Crippen LogP contribution in [0.25, 0.3) is 0 Å². The van der Waals surface area contributed by atoms with E-state index in [1.807, 2.05) is 12.1 Å². The number of anilines is 3. The van der Waals surface area contributed by atoms with Gasteiger partial charge in [-0.3, -0.25) is 14.7 Å². The van der Waals surface area contributed by atoms with Crippen LogP contribution in [-0.4, -0.2) is 92.0 Å². The molecule has 1 unspecified atom stereocenters. The van der Waals surface area contributed by atoms with Gasteiger partial charge in [0.15, 0.2) is 5.82 Å². The minimum atomic E-state index is -4.24. The van der Waals surface area contributed by atoms with Crippen LogP contribution in [0.3, 0.4) is 0 Å². The lowest BCUT2D eigenvalue weighted by atomic mass is 10.0. The third-order valence-electron chi connectivity index (χ3n) is 8.61. The molecule has 4 N–H and O–H groups in total. The maximum atomic E-state index is 13.8. The van der Waals surface area contributed by atoms with Gasteiger partial charge < -0.3 is 25.8 Å². The summed E-state index contributed by atoms with van der Waals surface area (Å²) in [5.41, 5.74) is 2.57. The van der Waals surface area contributed by atoms with E-state index in [4.69, 9.17) is 0 Å². The average Bonchev–Trinajstić information content (AvgIpc) is 3.43. The number of H-pyrrole nitrogens is 1. The molecular weight excluding hydrogens is 606 g/mol. The van der Waals surface area contributed by atoms with Crippen molar-refractivity contribution in [2.75, 3.05) is 61.8 Å². The molecule has 2 aromatic carbocycles. The van der Waals surface area contributed by atoms with Gasteiger partial charge in [-0.05, 0) is 56.8 Å². The number of nitrogens with one attached hydrogen (secondary N) is 4. The van der Waals surface area contributed by atoms with Crippen LogP contribution in [0.1, 0.15) is 40.9 Å². The number of hydrogen-bond acceptors (Lipinski definition) is 8. The second-order valence-electron chi connectivity index (χ2n) is 11.7. The molecule has 0 bridgehead atoms. The van der Waals surface area contributed by atoms with Crippen LogP contribution in [-0.2, 0) is 27.8 Å². The number of halogens is 2. The van der Waals surface area contributed by atoms with E-state index in [0.717, 1.165) is 67.7 Å². The minimum Gasteiger partial charge on any atom is -0.369 e. The number of fused-ring (bicyclic) bond motifs is 1. The maximum Gasteiger partial charge on any atom is 0.258 e. The number of hydrogen-bond donors (Lipinski definition) is 4. The number of carbonyl (C=O) groups is 2. The predicted octanol–water partition coefficient (Wildman–Crippen LogP) is 2.52. The van der Waals surface area contributed by atoms with Gasteiger partial charge in [-0.15, -0.1) is 0 Å². The smallest absolute Gasteiger partial charge is 0.258 e. The number of aromatic amines is 1. The Bertz CT molecular complexity index is 1680. The predicted molar refractivity (Wildman–Crippen MR) is 165 cm³/mol. The fraction of sp³-hybridized carbons (Fsp3) is 0.433. The summed E-state index contributed by atoms with van der Waals surface area (Å²) in [5, 5.41) is 16.1. The van der Waals surface area contributed by atoms with Crippen LogP contribution >= 0.6 is 0 Å². The van der Waals surface area contributed by atoms with Crippen molar-refractivity contribution in [3.05, 3.63) is 64.9 Å². The molecule has 1 atom stereocenters. The van der Waals surface area contributed by atoms with Crippen LogP contribution in [0.4, 0.5) is 26.0 Å². The van der Waals surface area contributed by atoms with Crippen molar-refractivity contribution >= 4 is 39.0 Å². The number of aromatic nitrogens is 2. The summed E-state index contributed by atoms with van der Waals surface area (Å²) in [6, 6.07) is 7.12. The van der Waals surface area contributed by atoms with Gasteiger partial charge in [0.1, 0.15) is 11.6 Å². The van der Waals surface area contributed by atoms with Gasteiger partial charge in [0.2, 0.25) is 15.9 Å². The zero-order valence-corrected chi connectivity index (χ0v) is 25.7. The molecular formula is C30H36F2N8O4S. The first-order valence-corrected chi connectivity index (χ1v) is 16.5. The van der Waals surface area contributed by atoms with E-state index in [9.17, 15) is 26.8 Å². The lowest BCUT2D eigenvalue weighted by Crippen LogP contribution is -2.45. The Morgan fingerprint density at radius 3 is 2.44 bits per heavy atom. The van der Waals surface area contributed by atoms with Gasteiger partial charge >= 0.3 is 0 Å². The first kappa shape index (κ1) is 31.1. The minimum absolute atomic E-state index is 0.0577. The molecule has 12 nitrogen and oxygen atoms in total. The molecule has 2 amide bonds. The van der Waals surface area contributed by atoms with Crippen molar-refractivity contribution in [2.24, 2.45) is 0 Å². The van der Waals surface area contributed by atoms with E-state index >= 15 is 0 Å². The van der Waals surface area contributed by atoms with Crippen molar-refractivity contribution < 1.29 is 26.8 Å². The molecule has 0 aliphatic carbocycles. The Kier molecular flexibility index (Phi) is 8.86. The van der Waals surface area contributed by atoms with E-state index in [1.165, 1.54) is 0 Å². The topological polar surface area (TPSA) is 143 Å². The van der Waals surface area contributed by atoms with Gasteiger partial charge in [-0.2, -0.15) is 9.40 Å². The molecule has 45 heavy (non-hydrogen) atoms.